The zero-order chi connectivity index (χ0) is 34.9. The molecule has 2 aromatic carbocycles. The Bertz CT molecular complexity index is 1670. The van der Waals surface area contributed by atoms with Crippen LogP contribution in [0.2, 0.25) is 0 Å². The quantitative estimate of drug-likeness (QED) is 0.310. The molecule has 13 nitrogen and oxygen atoms in total. The molecule has 3 aromatic rings. The van der Waals surface area contributed by atoms with Crippen molar-refractivity contribution in [3.63, 3.8) is 0 Å². The van der Waals surface area contributed by atoms with E-state index in [1.807, 2.05) is 55.8 Å². The number of para-hydroxylation sites is 1. The van der Waals surface area contributed by atoms with E-state index in [1.54, 1.807) is 24.3 Å². The Morgan fingerprint density at radius 3 is 2.47 bits per heavy atom. The van der Waals surface area contributed by atoms with Gasteiger partial charge in [-0.15, -0.1) is 0 Å². The molecule has 0 radical (unpaired) electrons. The molecule has 0 bridgehead atoms. The number of ether oxygens (including phenoxy) is 1. The molecule has 49 heavy (non-hydrogen) atoms. The van der Waals surface area contributed by atoms with E-state index >= 15 is 0 Å². The summed E-state index contributed by atoms with van der Waals surface area (Å²) in [5.41, 5.74) is 4.05. The van der Waals surface area contributed by atoms with Gasteiger partial charge in [-0.25, -0.2) is 0 Å². The average Bonchev–Trinajstić information content (AvgIpc) is 3.69. The minimum atomic E-state index is -1.23. The summed E-state index contributed by atoms with van der Waals surface area (Å²) in [7, 11) is 0. The highest BCUT2D eigenvalue weighted by atomic mass is 16.5. The van der Waals surface area contributed by atoms with Crippen molar-refractivity contribution in [1.29, 1.82) is 0 Å². The van der Waals surface area contributed by atoms with Gasteiger partial charge in [0.1, 0.15) is 23.9 Å². The van der Waals surface area contributed by atoms with Crippen molar-refractivity contribution in [2.45, 2.75) is 77.5 Å². The number of fused-ring (bicyclic) bond motifs is 2. The molecule has 13 heteroatoms. The Kier molecular flexibility index (Phi) is 11.7. The number of hydrogen-bond donors (Lipinski definition) is 4. The van der Waals surface area contributed by atoms with Crippen molar-refractivity contribution < 1.29 is 28.7 Å². The first-order valence-electron chi connectivity index (χ1n) is 16.8. The molecule has 1 fully saturated rings. The van der Waals surface area contributed by atoms with E-state index in [4.69, 9.17) is 4.74 Å². The first kappa shape index (κ1) is 35.1. The molecule has 2 aliphatic heterocycles. The number of amides is 5. The predicted octanol–water partition coefficient (Wildman–Crippen LogP) is 1.73. The highest BCUT2D eigenvalue weighted by Gasteiger charge is 2.38. The van der Waals surface area contributed by atoms with Gasteiger partial charge >= 0.3 is 0 Å². The van der Waals surface area contributed by atoms with Crippen molar-refractivity contribution in [3.8, 4) is 5.75 Å². The fraction of sp³-hybridized carbons (Fsp3) is 0.444. The zero-order valence-corrected chi connectivity index (χ0v) is 28.3. The highest BCUT2D eigenvalue weighted by Crippen LogP contribution is 2.22. The topological polar surface area (TPSA) is 164 Å². The summed E-state index contributed by atoms with van der Waals surface area (Å²) in [6.45, 7) is 7.29. The van der Waals surface area contributed by atoms with Crippen LogP contribution in [0.25, 0.3) is 0 Å². The van der Waals surface area contributed by atoms with Crippen LogP contribution in [0.5, 0.6) is 5.75 Å². The van der Waals surface area contributed by atoms with Gasteiger partial charge in [-0.3, -0.25) is 28.7 Å². The highest BCUT2D eigenvalue weighted by molar-refractivity contribution is 6.01. The average molecular weight is 672 g/mol. The molecular weight excluding hydrogens is 626 g/mol. The van der Waals surface area contributed by atoms with Crippen LogP contribution in [-0.2, 0) is 32.1 Å². The first-order valence-corrected chi connectivity index (χ1v) is 16.8. The number of nitrogens with zero attached hydrogens (tertiary/aromatic N) is 3. The van der Waals surface area contributed by atoms with Gasteiger partial charge in [0.05, 0.1) is 30.8 Å². The molecule has 4 N–H and O–H groups in total. The van der Waals surface area contributed by atoms with Gasteiger partial charge < -0.3 is 30.9 Å². The molecule has 5 rings (SSSR count). The summed E-state index contributed by atoms with van der Waals surface area (Å²) in [6.07, 6.45) is 1.34. The van der Waals surface area contributed by atoms with Crippen LogP contribution >= 0.6 is 0 Å². The monoisotopic (exact) mass is 671 g/mol. The summed E-state index contributed by atoms with van der Waals surface area (Å²) < 4.78 is 7.73. The van der Waals surface area contributed by atoms with E-state index < -0.39 is 41.8 Å². The zero-order valence-electron chi connectivity index (χ0n) is 28.3. The minimum absolute atomic E-state index is 0.200. The van der Waals surface area contributed by atoms with Gasteiger partial charge in [0, 0.05) is 31.7 Å². The summed E-state index contributed by atoms with van der Waals surface area (Å²) in [5.74, 6) is -2.04. The minimum Gasteiger partial charge on any atom is -0.493 e. The SMILES string of the molecule is Cc1nn(CCNC(=O)[C@@H]2CC(=O)N3CCC[C@H]3C(=O)N[C@@H](Cc3ccccc3)C(=O)NCCCOc3ccccc3C(=O)N2)c(C)c1C. The van der Waals surface area contributed by atoms with Gasteiger partial charge in [-0.05, 0) is 63.3 Å². The van der Waals surface area contributed by atoms with Crippen molar-refractivity contribution in [1.82, 2.24) is 35.9 Å². The fourth-order valence-corrected chi connectivity index (χ4v) is 6.18. The molecule has 0 aliphatic carbocycles. The van der Waals surface area contributed by atoms with E-state index in [9.17, 15) is 24.0 Å². The number of aromatic nitrogens is 2. The number of hydrogen-bond acceptors (Lipinski definition) is 7. The third kappa shape index (κ3) is 8.84. The molecule has 0 spiro atoms. The fourth-order valence-electron chi connectivity index (χ4n) is 6.18. The number of carbonyl (C=O) groups excluding carboxylic acids is 5. The molecular formula is C36H45N7O6. The lowest BCUT2D eigenvalue weighted by Crippen LogP contribution is -2.55. The Hall–Kier alpha value is -5.20. The van der Waals surface area contributed by atoms with Gasteiger partial charge in [-0.1, -0.05) is 42.5 Å². The standard InChI is InChI=1S/C36H45N7O6/c1-23-24(2)41-43(25(23)3)19-17-38-35(47)29-22-32(44)42-18-9-14-30(42)36(48)40-28(21-26-11-5-4-6-12-26)34(46)37-16-10-20-49-31-15-8-7-13-27(31)33(45)39-29/h4-8,11-13,15,28-30H,9-10,14,16-22H2,1-3H3,(H,37,46)(H,38,47)(H,39,45)(H,40,48)/t28-,29-,30-/m0/s1. The Morgan fingerprint density at radius 2 is 1.71 bits per heavy atom. The second-order valence-electron chi connectivity index (χ2n) is 12.5. The van der Waals surface area contributed by atoms with E-state index in [-0.39, 0.29) is 44.0 Å². The van der Waals surface area contributed by atoms with Gasteiger partial charge in [-0.2, -0.15) is 5.10 Å². The smallest absolute Gasteiger partial charge is 0.255 e. The van der Waals surface area contributed by atoms with Crippen LogP contribution in [0.15, 0.2) is 54.6 Å². The molecule has 3 heterocycles. The maximum absolute atomic E-state index is 13.8. The predicted molar refractivity (Wildman–Crippen MR) is 182 cm³/mol. The normalized spacial score (nSPS) is 20.9. The molecule has 5 amide bonds. The summed E-state index contributed by atoms with van der Waals surface area (Å²) in [5, 5.41) is 15.9. The van der Waals surface area contributed by atoms with E-state index in [0.717, 1.165) is 22.5 Å². The number of benzene rings is 2. The molecule has 260 valence electrons. The third-order valence-electron chi connectivity index (χ3n) is 9.17. The molecule has 3 atom stereocenters. The lowest BCUT2D eigenvalue weighted by molar-refractivity contribution is -0.140. The number of carbonyl (C=O) groups is 5. The number of nitrogens with one attached hydrogen (secondary N) is 4. The van der Waals surface area contributed by atoms with Crippen LogP contribution < -0.4 is 26.0 Å². The van der Waals surface area contributed by atoms with Crippen molar-refractivity contribution in [3.05, 3.63) is 82.7 Å². The van der Waals surface area contributed by atoms with Crippen molar-refractivity contribution in [2.24, 2.45) is 0 Å². The maximum Gasteiger partial charge on any atom is 0.255 e. The lowest BCUT2D eigenvalue weighted by Gasteiger charge is -2.28. The van der Waals surface area contributed by atoms with E-state index in [2.05, 4.69) is 26.4 Å². The van der Waals surface area contributed by atoms with Crippen LogP contribution in [0.4, 0.5) is 0 Å². The van der Waals surface area contributed by atoms with E-state index in [0.29, 0.717) is 38.1 Å². The summed E-state index contributed by atoms with van der Waals surface area (Å²) in [4.78, 5) is 69.4. The van der Waals surface area contributed by atoms with Crippen LogP contribution in [0, 0.1) is 20.8 Å². The summed E-state index contributed by atoms with van der Waals surface area (Å²) >= 11 is 0. The van der Waals surface area contributed by atoms with Gasteiger partial charge in [0.2, 0.25) is 23.6 Å². The lowest BCUT2D eigenvalue weighted by atomic mass is 10.0. The largest absolute Gasteiger partial charge is 0.493 e. The second-order valence-corrected chi connectivity index (χ2v) is 12.5. The van der Waals surface area contributed by atoms with Crippen molar-refractivity contribution >= 4 is 29.5 Å². The number of rotatable bonds is 6. The van der Waals surface area contributed by atoms with Gasteiger partial charge in [0.25, 0.3) is 5.91 Å². The first-order chi connectivity index (χ1) is 23.6. The van der Waals surface area contributed by atoms with Crippen LogP contribution in [0.1, 0.15) is 58.6 Å². The molecule has 0 saturated carbocycles. The second kappa shape index (κ2) is 16.3. The molecule has 1 saturated heterocycles. The van der Waals surface area contributed by atoms with E-state index in [1.165, 1.54) is 4.90 Å². The molecule has 2 aliphatic rings. The number of aryl methyl sites for hydroxylation is 1. The molecule has 1 aromatic heterocycles. The van der Waals surface area contributed by atoms with Crippen LogP contribution in [0.3, 0.4) is 0 Å². The molecule has 0 unspecified atom stereocenters. The Morgan fingerprint density at radius 1 is 0.959 bits per heavy atom. The van der Waals surface area contributed by atoms with Gasteiger partial charge in [0.15, 0.2) is 0 Å². The Balaban J connectivity index is 1.38. The Labute approximate surface area is 286 Å². The third-order valence-corrected chi connectivity index (χ3v) is 9.17. The van der Waals surface area contributed by atoms with Crippen molar-refractivity contribution in [2.75, 3.05) is 26.2 Å². The summed E-state index contributed by atoms with van der Waals surface area (Å²) in [6, 6.07) is 13.1. The van der Waals surface area contributed by atoms with Crippen LogP contribution in [-0.4, -0.2) is 88.6 Å². The maximum atomic E-state index is 13.8.